The summed E-state index contributed by atoms with van der Waals surface area (Å²) >= 11 is 0. The Morgan fingerprint density at radius 3 is 3.00 bits per heavy atom. The summed E-state index contributed by atoms with van der Waals surface area (Å²) in [6.07, 6.45) is 4.70. The van der Waals surface area contributed by atoms with E-state index in [1.807, 2.05) is 0 Å². The molecule has 2 rings (SSSR count). The molecule has 102 valence electrons. The molecule has 2 heterocycles. The Kier molecular flexibility index (Phi) is 4.42. The summed E-state index contributed by atoms with van der Waals surface area (Å²) in [6, 6.07) is 3.27. The minimum Gasteiger partial charge on any atom is -0.468 e. The van der Waals surface area contributed by atoms with E-state index in [-0.39, 0.29) is 17.8 Å². The highest BCUT2D eigenvalue weighted by atomic mass is 32.2. The Morgan fingerprint density at radius 1 is 1.56 bits per heavy atom. The van der Waals surface area contributed by atoms with Crippen LogP contribution in [0.1, 0.15) is 38.0 Å². The van der Waals surface area contributed by atoms with Crippen LogP contribution in [0.15, 0.2) is 22.8 Å². The van der Waals surface area contributed by atoms with E-state index in [4.69, 9.17) is 4.42 Å². The van der Waals surface area contributed by atoms with Crippen molar-refractivity contribution < 1.29 is 12.8 Å². The van der Waals surface area contributed by atoms with E-state index in [0.29, 0.717) is 5.76 Å². The summed E-state index contributed by atoms with van der Waals surface area (Å²) in [5.74, 6) is 0.771. The Morgan fingerprint density at radius 2 is 2.39 bits per heavy atom. The van der Waals surface area contributed by atoms with Crippen molar-refractivity contribution >= 4 is 10.0 Å². The van der Waals surface area contributed by atoms with Gasteiger partial charge in [0.25, 0.3) is 0 Å². The lowest BCUT2D eigenvalue weighted by Gasteiger charge is -2.24. The molecular weight excluding hydrogens is 252 g/mol. The number of hydrogen-bond acceptors (Lipinski definition) is 4. The Balaban J connectivity index is 1.90. The highest BCUT2D eigenvalue weighted by Gasteiger charge is 2.23. The fourth-order valence-electron chi connectivity index (χ4n) is 2.24. The van der Waals surface area contributed by atoms with Crippen LogP contribution in [0.4, 0.5) is 0 Å². The van der Waals surface area contributed by atoms with Crippen LogP contribution in [0.25, 0.3) is 0 Å². The molecule has 0 bridgehead atoms. The van der Waals surface area contributed by atoms with Gasteiger partial charge in [0.2, 0.25) is 10.0 Å². The van der Waals surface area contributed by atoms with E-state index in [2.05, 4.69) is 10.0 Å². The molecule has 0 spiro atoms. The van der Waals surface area contributed by atoms with Gasteiger partial charge < -0.3 is 9.73 Å². The Bertz CT molecular complexity index is 450. The first-order valence-corrected chi connectivity index (χ1v) is 7.99. The lowest BCUT2D eigenvalue weighted by molar-refractivity contribution is 0.418. The average molecular weight is 272 g/mol. The molecule has 5 nitrogen and oxygen atoms in total. The predicted molar refractivity (Wildman–Crippen MR) is 69.7 cm³/mol. The summed E-state index contributed by atoms with van der Waals surface area (Å²) in [4.78, 5) is 0. The van der Waals surface area contributed by atoms with Crippen LogP contribution in [0.2, 0.25) is 0 Å². The SMILES string of the molecule is CC(NS(=O)(=O)CC1CCCCN1)c1ccco1. The van der Waals surface area contributed by atoms with Crippen molar-refractivity contribution in [2.45, 2.75) is 38.3 Å². The van der Waals surface area contributed by atoms with E-state index in [1.165, 1.54) is 0 Å². The third-order valence-corrected chi connectivity index (χ3v) is 4.71. The smallest absolute Gasteiger partial charge is 0.213 e. The fourth-order valence-corrected chi connectivity index (χ4v) is 3.81. The van der Waals surface area contributed by atoms with Crippen LogP contribution >= 0.6 is 0 Å². The second-order valence-corrected chi connectivity index (χ2v) is 6.58. The van der Waals surface area contributed by atoms with Crippen molar-refractivity contribution in [3.63, 3.8) is 0 Å². The van der Waals surface area contributed by atoms with E-state index in [1.54, 1.807) is 25.3 Å². The van der Waals surface area contributed by atoms with Crippen molar-refractivity contribution in [1.29, 1.82) is 0 Å². The van der Waals surface area contributed by atoms with Gasteiger partial charge in [-0.05, 0) is 38.4 Å². The maximum atomic E-state index is 12.0. The van der Waals surface area contributed by atoms with E-state index in [9.17, 15) is 8.42 Å². The van der Waals surface area contributed by atoms with Crippen LogP contribution in [-0.4, -0.2) is 26.8 Å². The van der Waals surface area contributed by atoms with Gasteiger partial charge in [0.1, 0.15) is 5.76 Å². The third kappa shape index (κ3) is 3.83. The van der Waals surface area contributed by atoms with Crippen LogP contribution in [0.5, 0.6) is 0 Å². The van der Waals surface area contributed by atoms with E-state index >= 15 is 0 Å². The van der Waals surface area contributed by atoms with Crippen LogP contribution < -0.4 is 10.0 Å². The number of piperidine rings is 1. The monoisotopic (exact) mass is 272 g/mol. The predicted octanol–water partition coefficient (Wildman–Crippen LogP) is 1.40. The molecule has 0 saturated carbocycles. The van der Waals surface area contributed by atoms with Crippen molar-refractivity contribution in [1.82, 2.24) is 10.0 Å². The van der Waals surface area contributed by atoms with Gasteiger partial charge in [0.15, 0.2) is 0 Å². The van der Waals surface area contributed by atoms with Gasteiger partial charge in [0.05, 0.1) is 18.1 Å². The number of furan rings is 1. The molecule has 2 atom stereocenters. The second-order valence-electron chi connectivity index (χ2n) is 4.78. The minimum absolute atomic E-state index is 0.0695. The maximum Gasteiger partial charge on any atom is 0.213 e. The summed E-state index contributed by atoms with van der Waals surface area (Å²) in [7, 11) is -3.28. The van der Waals surface area contributed by atoms with Gasteiger partial charge >= 0.3 is 0 Å². The van der Waals surface area contributed by atoms with Crippen LogP contribution in [-0.2, 0) is 10.0 Å². The standard InChI is InChI=1S/C12H20N2O3S/c1-10(12-6-4-8-17-12)14-18(15,16)9-11-5-2-3-7-13-11/h4,6,8,10-11,13-14H,2-3,5,7,9H2,1H3. The van der Waals surface area contributed by atoms with E-state index < -0.39 is 10.0 Å². The fraction of sp³-hybridized carbons (Fsp3) is 0.667. The molecule has 1 aromatic rings. The highest BCUT2D eigenvalue weighted by Crippen LogP contribution is 2.15. The molecule has 1 aromatic heterocycles. The number of sulfonamides is 1. The largest absolute Gasteiger partial charge is 0.468 e. The molecule has 0 aliphatic carbocycles. The molecule has 1 aliphatic heterocycles. The zero-order valence-corrected chi connectivity index (χ0v) is 11.4. The molecule has 2 unspecified atom stereocenters. The molecule has 1 saturated heterocycles. The quantitative estimate of drug-likeness (QED) is 0.850. The molecule has 1 fully saturated rings. The first-order valence-electron chi connectivity index (χ1n) is 6.33. The molecule has 0 aromatic carbocycles. The lowest BCUT2D eigenvalue weighted by atomic mass is 10.1. The summed E-state index contributed by atoms with van der Waals surface area (Å²) in [6.45, 7) is 2.69. The number of nitrogens with one attached hydrogen (secondary N) is 2. The molecular formula is C12H20N2O3S. The normalized spacial score (nSPS) is 22.8. The topological polar surface area (TPSA) is 71.3 Å². The van der Waals surface area contributed by atoms with Gasteiger partial charge in [-0.15, -0.1) is 0 Å². The second kappa shape index (κ2) is 5.86. The highest BCUT2D eigenvalue weighted by molar-refractivity contribution is 7.89. The van der Waals surface area contributed by atoms with Gasteiger partial charge in [-0.3, -0.25) is 0 Å². The average Bonchev–Trinajstić information content (AvgIpc) is 2.82. The van der Waals surface area contributed by atoms with Gasteiger partial charge in [0, 0.05) is 6.04 Å². The molecule has 0 amide bonds. The zero-order valence-electron chi connectivity index (χ0n) is 10.6. The first-order chi connectivity index (χ1) is 8.57. The molecule has 18 heavy (non-hydrogen) atoms. The number of rotatable bonds is 5. The van der Waals surface area contributed by atoms with Crippen molar-refractivity contribution in [2.75, 3.05) is 12.3 Å². The van der Waals surface area contributed by atoms with Crippen LogP contribution in [0, 0.1) is 0 Å². The Labute approximate surface area is 108 Å². The zero-order chi connectivity index (χ0) is 13.0. The van der Waals surface area contributed by atoms with Gasteiger partial charge in [-0.2, -0.15) is 0 Å². The molecule has 0 radical (unpaired) electrons. The van der Waals surface area contributed by atoms with Crippen molar-refractivity contribution in [2.24, 2.45) is 0 Å². The maximum absolute atomic E-state index is 12.0. The van der Waals surface area contributed by atoms with Gasteiger partial charge in [-0.1, -0.05) is 6.42 Å². The van der Waals surface area contributed by atoms with Crippen LogP contribution in [0.3, 0.4) is 0 Å². The molecule has 2 N–H and O–H groups in total. The summed E-state index contributed by atoms with van der Waals surface area (Å²) in [5, 5.41) is 3.24. The molecule has 6 heteroatoms. The van der Waals surface area contributed by atoms with Crippen molar-refractivity contribution in [3.05, 3.63) is 24.2 Å². The first kappa shape index (κ1) is 13.6. The third-order valence-electron chi connectivity index (χ3n) is 3.16. The summed E-state index contributed by atoms with van der Waals surface area (Å²) < 4.78 is 31.9. The summed E-state index contributed by atoms with van der Waals surface area (Å²) in [5.41, 5.74) is 0. The van der Waals surface area contributed by atoms with Gasteiger partial charge in [-0.25, -0.2) is 13.1 Å². The van der Waals surface area contributed by atoms with E-state index in [0.717, 1.165) is 25.8 Å². The van der Waals surface area contributed by atoms with Crippen molar-refractivity contribution in [3.8, 4) is 0 Å². The lowest BCUT2D eigenvalue weighted by Crippen LogP contribution is -2.43. The Hall–Kier alpha value is -0.850. The molecule has 1 aliphatic rings. The minimum atomic E-state index is -3.28. The number of hydrogen-bond donors (Lipinski definition) is 2.